The highest BCUT2D eigenvalue weighted by Crippen LogP contribution is 2.43. The molecule has 5 heterocycles. The molecular weight excluding hydrogens is 492 g/mol. The first-order valence-corrected chi connectivity index (χ1v) is 13.7. The predicted octanol–water partition coefficient (Wildman–Crippen LogP) is 8.51. The largest absolute Gasteiger partial charge is 0.453 e. The Balaban J connectivity index is 1.41. The van der Waals surface area contributed by atoms with Crippen LogP contribution in [-0.4, -0.2) is 19.1 Å². The van der Waals surface area contributed by atoms with Gasteiger partial charge < -0.3 is 8.98 Å². The molecule has 5 nitrogen and oxygen atoms in total. The summed E-state index contributed by atoms with van der Waals surface area (Å²) >= 11 is 0. The lowest BCUT2D eigenvalue weighted by molar-refractivity contribution is 0.667. The van der Waals surface area contributed by atoms with Crippen LogP contribution in [0.1, 0.15) is 18.2 Å². The average molecular weight is 517 g/mol. The number of pyridine rings is 2. The van der Waals surface area contributed by atoms with E-state index in [1.165, 1.54) is 44.1 Å². The maximum atomic E-state index is 6.07. The van der Waals surface area contributed by atoms with Gasteiger partial charge in [0, 0.05) is 22.4 Å². The Bertz CT molecular complexity index is 2280. The van der Waals surface area contributed by atoms with Gasteiger partial charge in [-0.05, 0) is 60.4 Å². The lowest BCUT2D eigenvalue weighted by Crippen LogP contribution is -2.15. The van der Waals surface area contributed by atoms with E-state index in [9.17, 15) is 0 Å². The molecule has 0 N–H and O–H groups in total. The first kappa shape index (κ1) is 21.7. The summed E-state index contributed by atoms with van der Waals surface area (Å²) in [7, 11) is 0. The number of para-hydroxylation sites is 3. The molecule has 0 saturated heterocycles. The normalized spacial score (nSPS) is 15.4. The quantitative estimate of drug-likeness (QED) is 0.231. The van der Waals surface area contributed by atoms with Crippen molar-refractivity contribution in [2.24, 2.45) is 5.92 Å². The number of allylic oxidation sites excluding steroid dienone is 1. The highest BCUT2D eigenvalue weighted by Gasteiger charge is 2.29. The molecule has 5 heteroatoms. The summed E-state index contributed by atoms with van der Waals surface area (Å²) in [5.41, 5.74) is 10.4. The monoisotopic (exact) mass is 516 g/mol. The van der Waals surface area contributed by atoms with Crippen molar-refractivity contribution < 1.29 is 4.42 Å². The van der Waals surface area contributed by atoms with Gasteiger partial charge in [-0.15, -0.1) is 0 Å². The fourth-order valence-electron chi connectivity index (χ4n) is 6.69. The summed E-state index contributed by atoms with van der Waals surface area (Å²) in [6, 6.07) is 34.1. The van der Waals surface area contributed by atoms with Crippen LogP contribution in [0.3, 0.4) is 0 Å². The average Bonchev–Trinajstić information content (AvgIpc) is 3.64. The Morgan fingerprint density at radius 1 is 0.675 bits per heavy atom. The van der Waals surface area contributed by atoms with E-state index in [0.29, 0.717) is 5.92 Å². The van der Waals surface area contributed by atoms with Gasteiger partial charge in [-0.2, -0.15) is 0 Å². The van der Waals surface area contributed by atoms with Crippen LogP contribution in [0.5, 0.6) is 0 Å². The molecule has 0 spiro atoms. The number of rotatable bonds is 2. The van der Waals surface area contributed by atoms with Crippen LogP contribution in [0, 0.1) is 5.92 Å². The second-order valence-corrected chi connectivity index (χ2v) is 10.8. The van der Waals surface area contributed by atoms with Crippen LogP contribution in [0.2, 0.25) is 0 Å². The van der Waals surface area contributed by atoms with Gasteiger partial charge in [0.1, 0.15) is 16.9 Å². The first-order chi connectivity index (χ1) is 19.8. The standard InChI is InChI=1S/C35H24N4O/c1-21-19-25-24-11-4-7-14-28(24)39(32-17-16-31-34(37-32)33-30(40-31)15-8-18-36-33)35(25)29(20-21)38-26-12-5-2-9-22(26)23-10-3-6-13-27(23)38/h2-18,20-21H,19H2,1H3. The first-order valence-electron chi connectivity index (χ1n) is 13.7. The fraction of sp³-hybridized carbons (Fsp3) is 0.0857. The van der Waals surface area contributed by atoms with Crippen molar-refractivity contribution in [3.8, 4) is 5.82 Å². The van der Waals surface area contributed by atoms with Crippen molar-refractivity contribution >= 4 is 60.6 Å². The van der Waals surface area contributed by atoms with Crippen LogP contribution >= 0.6 is 0 Å². The predicted molar refractivity (Wildman–Crippen MR) is 162 cm³/mol. The van der Waals surface area contributed by atoms with Crippen LogP contribution in [-0.2, 0) is 6.42 Å². The zero-order valence-electron chi connectivity index (χ0n) is 21.9. The lowest BCUT2D eigenvalue weighted by Gasteiger charge is -2.24. The van der Waals surface area contributed by atoms with E-state index in [2.05, 4.69) is 106 Å². The number of nitrogens with zero attached hydrogens (tertiary/aromatic N) is 4. The van der Waals surface area contributed by atoms with Crippen molar-refractivity contribution in [2.45, 2.75) is 13.3 Å². The third kappa shape index (κ3) is 2.86. The summed E-state index contributed by atoms with van der Waals surface area (Å²) in [4.78, 5) is 9.79. The topological polar surface area (TPSA) is 48.8 Å². The molecule has 0 saturated carbocycles. The lowest BCUT2D eigenvalue weighted by atomic mass is 9.91. The van der Waals surface area contributed by atoms with Crippen LogP contribution in [0.4, 0.5) is 0 Å². The Hall–Kier alpha value is -5.16. The van der Waals surface area contributed by atoms with Gasteiger partial charge in [0.05, 0.1) is 27.9 Å². The molecule has 0 aliphatic heterocycles. The fourth-order valence-corrected chi connectivity index (χ4v) is 6.69. The molecule has 0 radical (unpaired) electrons. The minimum absolute atomic E-state index is 0.388. The van der Waals surface area contributed by atoms with E-state index in [4.69, 9.17) is 9.40 Å². The van der Waals surface area contributed by atoms with E-state index in [1.54, 1.807) is 6.20 Å². The number of benzene rings is 3. The molecule has 1 aliphatic rings. The summed E-state index contributed by atoms with van der Waals surface area (Å²) < 4.78 is 10.9. The summed E-state index contributed by atoms with van der Waals surface area (Å²) in [6.45, 7) is 2.32. The van der Waals surface area contributed by atoms with Gasteiger partial charge in [0.15, 0.2) is 11.2 Å². The molecule has 1 aliphatic carbocycles. The molecule has 40 heavy (non-hydrogen) atoms. The van der Waals surface area contributed by atoms with Crippen LogP contribution < -0.4 is 0 Å². The van der Waals surface area contributed by atoms with E-state index >= 15 is 0 Å². The Morgan fingerprint density at radius 3 is 2.08 bits per heavy atom. The molecule has 1 unspecified atom stereocenters. The molecule has 190 valence electrons. The molecule has 5 aromatic heterocycles. The zero-order chi connectivity index (χ0) is 26.4. The van der Waals surface area contributed by atoms with Crippen molar-refractivity contribution in [1.82, 2.24) is 19.1 Å². The van der Waals surface area contributed by atoms with Crippen molar-refractivity contribution in [1.29, 1.82) is 0 Å². The highest BCUT2D eigenvalue weighted by molar-refractivity contribution is 6.11. The summed E-state index contributed by atoms with van der Waals surface area (Å²) in [5.74, 6) is 1.25. The van der Waals surface area contributed by atoms with Gasteiger partial charge in [-0.25, -0.2) is 4.98 Å². The number of fused-ring (bicyclic) bond motifs is 9. The number of aromatic nitrogens is 4. The molecule has 3 aromatic carbocycles. The van der Waals surface area contributed by atoms with E-state index in [0.717, 1.165) is 40.0 Å². The van der Waals surface area contributed by atoms with E-state index in [-0.39, 0.29) is 0 Å². The second-order valence-electron chi connectivity index (χ2n) is 10.8. The highest BCUT2D eigenvalue weighted by atomic mass is 16.3. The zero-order valence-corrected chi connectivity index (χ0v) is 21.9. The van der Waals surface area contributed by atoms with Crippen LogP contribution in [0.15, 0.2) is 114 Å². The van der Waals surface area contributed by atoms with Gasteiger partial charge >= 0.3 is 0 Å². The maximum Gasteiger partial charge on any atom is 0.155 e. The molecule has 1 atom stereocenters. The Labute approximate surface area is 229 Å². The molecule has 0 amide bonds. The summed E-state index contributed by atoms with van der Waals surface area (Å²) in [5, 5.41) is 3.79. The Morgan fingerprint density at radius 2 is 1.32 bits per heavy atom. The third-order valence-electron chi connectivity index (χ3n) is 8.30. The second kappa shape index (κ2) is 7.93. The number of hydrogen-bond acceptors (Lipinski definition) is 3. The van der Waals surface area contributed by atoms with Crippen molar-refractivity contribution in [3.63, 3.8) is 0 Å². The Kier molecular flexibility index (Phi) is 4.31. The minimum atomic E-state index is 0.388. The van der Waals surface area contributed by atoms with Gasteiger partial charge in [-0.3, -0.25) is 9.55 Å². The number of hydrogen-bond donors (Lipinski definition) is 0. The van der Waals surface area contributed by atoms with Crippen LogP contribution in [0.25, 0.3) is 66.4 Å². The molecular formula is C35H24N4O. The smallest absolute Gasteiger partial charge is 0.155 e. The molecule has 0 fully saturated rings. The molecule has 0 bridgehead atoms. The van der Waals surface area contributed by atoms with Gasteiger partial charge in [0.2, 0.25) is 0 Å². The SMILES string of the molecule is CC1C=C(n2c3ccccc3c3ccccc32)c2c(c3ccccc3n2-c2ccc3oc4cccnc4c3n2)C1. The minimum Gasteiger partial charge on any atom is -0.453 e. The van der Waals surface area contributed by atoms with Crippen molar-refractivity contribution in [3.05, 3.63) is 121 Å². The maximum absolute atomic E-state index is 6.07. The third-order valence-corrected chi connectivity index (χ3v) is 8.30. The molecule has 9 rings (SSSR count). The van der Waals surface area contributed by atoms with Crippen molar-refractivity contribution in [2.75, 3.05) is 0 Å². The van der Waals surface area contributed by atoms with E-state index in [1.807, 2.05) is 18.2 Å². The summed E-state index contributed by atoms with van der Waals surface area (Å²) in [6.07, 6.45) is 5.20. The number of furan rings is 1. The van der Waals surface area contributed by atoms with E-state index < -0.39 is 0 Å². The van der Waals surface area contributed by atoms with Gasteiger partial charge in [-0.1, -0.05) is 67.6 Å². The molecule has 8 aromatic rings. The van der Waals surface area contributed by atoms with Gasteiger partial charge in [0.25, 0.3) is 0 Å².